The van der Waals surface area contributed by atoms with Gasteiger partial charge in [-0.15, -0.1) is 0 Å². The maximum atomic E-state index is 14.6. The summed E-state index contributed by atoms with van der Waals surface area (Å²) in [6.45, 7) is 2.00. The molecule has 14 aromatic rings. The van der Waals surface area contributed by atoms with E-state index < -0.39 is 0 Å². The van der Waals surface area contributed by atoms with Gasteiger partial charge in [0.1, 0.15) is 0 Å². The number of nitrogens with zero attached hydrogens (tertiary/aromatic N) is 4. The summed E-state index contributed by atoms with van der Waals surface area (Å²) in [7, 11) is 3.95. The van der Waals surface area contributed by atoms with Crippen LogP contribution in [0.15, 0.2) is 251 Å². The Bertz CT molecular complexity index is 4490. The van der Waals surface area contributed by atoms with E-state index in [2.05, 4.69) is 179 Å². The van der Waals surface area contributed by atoms with Gasteiger partial charge in [0.15, 0.2) is 10.9 Å². The molecule has 0 saturated heterocycles. The van der Waals surface area contributed by atoms with Crippen LogP contribution in [0.25, 0.3) is 98.6 Å². The fourth-order valence-corrected chi connectivity index (χ4v) is 14.1. The molecule has 0 unspecified atom stereocenters. The van der Waals surface area contributed by atoms with Crippen LogP contribution in [-0.2, 0) is 14.1 Å². The fourth-order valence-electron chi connectivity index (χ4n) is 11.1. The lowest BCUT2D eigenvalue weighted by molar-refractivity contribution is 0.993. The summed E-state index contributed by atoms with van der Waals surface area (Å²) < 4.78 is 8.78. The summed E-state index contributed by atoms with van der Waals surface area (Å²) in [5, 5.41) is 7.47. The van der Waals surface area contributed by atoms with Crippen LogP contribution in [0.4, 0.5) is 0 Å². The van der Waals surface area contributed by atoms with Crippen molar-refractivity contribution in [2.24, 2.45) is 14.1 Å². The molecule has 354 valence electrons. The van der Waals surface area contributed by atoms with Crippen molar-refractivity contribution in [1.82, 2.24) is 18.3 Å². The molecule has 0 spiro atoms. The quantitative estimate of drug-likeness (QED) is 0.142. The summed E-state index contributed by atoms with van der Waals surface area (Å²) in [5.41, 5.74) is 11.1. The third-order valence-corrected chi connectivity index (χ3v) is 17.5. The maximum Gasteiger partial charge on any atom is 0.197 e. The van der Waals surface area contributed by atoms with Gasteiger partial charge < -0.3 is 18.3 Å². The highest BCUT2D eigenvalue weighted by atomic mass is 32.2. The predicted molar refractivity (Wildman–Crippen MR) is 312 cm³/mol. The van der Waals surface area contributed by atoms with Crippen LogP contribution in [0, 0.1) is 6.92 Å². The summed E-state index contributed by atoms with van der Waals surface area (Å²) in [6, 6.07) is 75.0. The number of aromatic nitrogens is 4. The van der Waals surface area contributed by atoms with Crippen molar-refractivity contribution in [3.05, 3.63) is 238 Å². The minimum absolute atomic E-state index is 0.0243. The lowest BCUT2D eigenvalue weighted by atomic mass is 10.0. The number of benzene rings is 10. The monoisotopic (exact) mass is 1010 g/mol. The molecule has 0 aliphatic rings. The molecule has 0 bridgehead atoms. The van der Waals surface area contributed by atoms with Crippen LogP contribution in [0.1, 0.15) is 5.56 Å². The van der Waals surface area contributed by atoms with Gasteiger partial charge in [-0.05, 0) is 140 Å². The summed E-state index contributed by atoms with van der Waals surface area (Å²) >= 11 is 5.16. The minimum atomic E-state index is -0.0526. The van der Waals surface area contributed by atoms with Crippen molar-refractivity contribution >= 4 is 123 Å². The Balaban J connectivity index is 0.834. The highest BCUT2D eigenvalue weighted by Crippen LogP contribution is 2.42. The molecular formula is C65H44N4O2S3. The molecule has 4 aromatic heterocycles. The van der Waals surface area contributed by atoms with E-state index in [1.807, 2.05) is 72.6 Å². The molecule has 74 heavy (non-hydrogen) atoms. The van der Waals surface area contributed by atoms with E-state index in [4.69, 9.17) is 0 Å². The third-order valence-electron chi connectivity index (χ3n) is 14.6. The van der Waals surface area contributed by atoms with Gasteiger partial charge in [0.2, 0.25) is 0 Å². The van der Waals surface area contributed by atoms with Crippen molar-refractivity contribution in [3.8, 4) is 11.4 Å². The normalized spacial score (nSPS) is 12.0. The van der Waals surface area contributed by atoms with E-state index in [0.717, 1.165) is 68.4 Å². The topological polar surface area (TPSA) is 53.9 Å². The standard InChI is InChI=1S/C65H44N4O2S3/c1-39-20-30-56-52(32-39)64(70)54-37-63-55(38-62(54)66(56)2)65(71)53-36-44(29-31-57(53)67(63)3)74-47-34-45(72-42-25-21-40(22-26-42)68-58-16-8-4-12-48(58)49-13-5-9-17-59(49)68)33-46(35-47)73-43-27-23-41(24-28-43)69-60-18-10-6-14-50(60)51-15-7-11-19-61(51)69/h4-38H,1-3H3. The van der Waals surface area contributed by atoms with Gasteiger partial charge in [-0.1, -0.05) is 120 Å². The summed E-state index contributed by atoms with van der Waals surface area (Å²) in [6.07, 6.45) is 0. The Morgan fingerprint density at radius 3 is 1.04 bits per heavy atom. The highest BCUT2D eigenvalue weighted by molar-refractivity contribution is 8.01. The predicted octanol–water partition coefficient (Wildman–Crippen LogP) is 16.7. The molecule has 0 saturated carbocycles. The highest BCUT2D eigenvalue weighted by Gasteiger charge is 2.18. The van der Waals surface area contributed by atoms with Gasteiger partial charge in [-0.2, -0.15) is 0 Å². The number of para-hydroxylation sites is 4. The van der Waals surface area contributed by atoms with E-state index >= 15 is 0 Å². The van der Waals surface area contributed by atoms with Crippen LogP contribution in [0.3, 0.4) is 0 Å². The molecule has 0 radical (unpaired) electrons. The van der Waals surface area contributed by atoms with E-state index in [-0.39, 0.29) is 10.9 Å². The summed E-state index contributed by atoms with van der Waals surface area (Å²) in [5.74, 6) is 0. The van der Waals surface area contributed by atoms with Crippen molar-refractivity contribution in [2.45, 2.75) is 36.3 Å². The smallest absolute Gasteiger partial charge is 0.197 e. The number of fused-ring (bicyclic) bond motifs is 10. The SMILES string of the molecule is Cc1ccc2c(c1)c(=O)c1cc3c(cc1n2C)c(=O)c1cc(Sc2cc(Sc4ccc(-n5c6ccccc6c6ccccc65)cc4)cc(Sc4ccc(-n5c6ccccc6c6ccccc65)cc4)c2)ccc1n3C. The first kappa shape index (κ1) is 44.5. The second kappa shape index (κ2) is 17.5. The van der Waals surface area contributed by atoms with Crippen LogP contribution in [-0.4, -0.2) is 18.3 Å². The zero-order valence-corrected chi connectivity index (χ0v) is 43.0. The number of hydrogen-bond acceptors (Lipinski definition) is 5. The number of hydrogen-bond donors (Lipinski definition) is 0. The summed E-state index contributed by atoms with van der Waals surface area (Å²) in [4.78, 5) is 35.1. The van der Waals surface area contributed by atoms with Gasteiger partial charge in [-0.3, -0.25) is 9.59 Å². The van der Waals surface area contributed by atoms with Crippen molar-refractivity contribution in [3.63, 3.8) is 0 Å². The minimum Gasteiger partial charge on any atom is -0.343 e. The van der Waals surface area contributed by atoms with Crippen LogP contribution >= 0.6 is 35.3 Å². The van der Waals surface area contributed by atoms with Crippen molar-refractivity contribution in [1.29, 1.82) is 0 Å². The van der Waals surface area contributed by atoms with E-state index in [1.54, 1.807) is 35.3 Å². The van der Waals surface area contributed by atoms with Gasteiger partial charge >= 0.3 is 0 Å². The molecule has 9 heteroatoms. The Morgan fingerprint density at radius 2 is 0.622 bits per heavy atom. The molecule has 0 atom stereocenters. The lowest BCUT2D eigenvalue weighted by Crippen LogP contribution is -2.13. The molecular weight excluding hydrogens is 965 g/mol. The Kier molecular flexibility index (Phi) is 10.5. The number of pyridine rings is 2. The van der Waals surface area contributed by atoms with E-state index in [9.17, 15) is 9.59 Å². The second-order valence-corrected chi connectivity index (χ2v) is 22.5. The van der Waals surface area contributed by atoms with E-state index in [1.165, 1.54) is 43.6 Å². The molecule has 0 fully saturated rings. The Morgan fingerprint density at radius 1 is 0.284 bits per heavy atom. The first-order valence-electron chi connectivity index (χ1n) is 24.6. The van der Waals surface area contributed by atoms with E-state index in [0.29, 0.717) is 21.5 Å². The molecule has 0 aliphatic carbocycles. The number of rotatable bonds is 8. The van der Waals surface area contributed by atoms with Crippen LogP contribution in [0.2, 0.25) is 0 Å². The van der Waals surface area contributed by atoms with Crippen LogP contribution < -0.4 is 10.9 Å². The molecule has 0 amide bonds. The fraction of sp³-hybridized carbons (Fsp3) is 0.0462. The van der Waals surface area contributed by atoms with Gasteiger partial charge in [0.05, 0.1) is 44.1 Å². The average molecular weight is 1010 g/mol. The van der Waals surface area contributed by atoms with Gasteiger partial charge in [0.25, 0.3) is 0 Å². The van der Waals surface area contributed by atoms with Crippen molar-refractivity contribution < 1.29 is 0 Å². The molecule has 6 nitrogen and oxygen atoms in total. The molecule has 14 rings (SSSR count). The zero-order chi connectivity index (χ0) is 49.8. The van der Waals surface area contributed by atoms with Gasteiger partial charge in [-0.25, -0.2) is 0 Å². The molecule has 4 heterocycles. The first-order chi connectivity index (χ1) is 36.2. The zero-order valence-electron chi connectivity index (χ0n) is 40.5. The van der Waals surface area contributed by atoms with Crippen molar-refractivity contribution in [2.75, 3.05) is 0 Å². The third kappa shape index (κ3) is 7.29. The molecule has 10 aromatic carbocycles. The Labute approximate surface area is 438 Å². The largest absolute Gasteiger partial charge is 0.343 e. The average Bonchev–Trinajstić information content (AvgIpc) is 3.95. The maximum absolute atomic E-state index is 14.6. The molecule has 0 N–H and O–H groups in total. The lowest BCUT2D eigenvalue weighted by Gasteiger charge is -2.15. The first-order valence-corrected chi connectivity index (χ1v) is 27.0. The number of aryl methyl sites for hydroxylation is 3. The Hall–Kier alpha value is -8.21. The van der Waals surface area contributed by atoms with Crippen LogP contribution in [0.5, 0.6) is 0 Å². The molecule has 0 aliphatic heterocycles. The van der Waals surface area contributed by atoms with Gasteiger partial charge in [0, 0.05) is 97.9 Å². The second-order valence-electron chi connectivity index (χ2n) is 19.0.